The Morgan fingerprint density at radius 2 is 0.522 bits per heavy atom. The number of phosphoric ester groups is 2. The number of unbranched alkanes of at least 4 members (excludes halogenated alkanes) is 35. The summed E-state index contributed by atoms with van der Waals surface area (Å²) in [5, 5.41) is 10.6. The molecule has 0 spiro atoms. The molecule has 0 radical (unpaired) electrons. The van der Waals surface area contributed by atoms with Crippen molar-refractivity contribution in [2.24, 2.45) is 23.7 Å². The van der Waals surface area contributed by atoms with Crippen molar-refractivity contribution in [3.63, 3.8) is 0 Å². The lowest BCUT2D eigenvalue weighted by molar-refractivity contribution is -0.161. The number of rotatable bonds is 70. The fourth-order valence-electron chi connectivity index (χ4n) is 11.0. The fourth-order valence-corrected chi connectivity index (χ4v) is 12.6. The van der Waals surface area contributed by atoms with Gasteiger partial charge >= 0.3 is 39.5 Å². The number of carbonyl (C=O) groups is 4. The van der Waals surface area contributed by atoms with Gasteiger partial charge in [0, 0.05) is 25.7 Å². The van der Waals surface area contributed by atoms with E-state index in [2.05, 4.69) is 55.4 Å². The second kappa shape index (κ2) is 62.6. The molecule has 0 aromatic carbocycles. The van der Waals surface area contributed by atoms with Crippen molar-refractivity contribution in [2.75, 3.05) is 39.6 Å². The maximum atomic E-state index is 13.0. The lowest BCUT2D eigenvalue weighted by Crippen LogP contribution is -2.30. The van der Waals surface area contributed by atoms with Crippen LogP contribution in [-0.2, 0) is 65.4 Å². The Kier molecular flexibility index (Phi) is 61.3. The summed E-state index contributed by atoms with van der Waals surface area (Å²) in [5.74, 6) is 0.837. The number of ether oxygens (including phenoxy) is 4. The predicted octanol–water partition coefficient (Wildman–Crippen LogP) is 20.9. The predicted molar refractivity (Wildman–Crippen MR) is 372 cm³/mol. The molecular formula is C73H142O17P2. The molecule has 0 rings (SSSR count). The summed E-state index contributed by atoms with van der Waals surface area (Å²) in [6.07, 6.45) is 46.2. The zero-order valence-electron chi connectivity index (χ0n) is 60.2. The molecule has 0 aliphatic heterocycles. The molecule has 0 aromatic heterocycles. The summed E-state index contributed by atoms with van der Waals surface area (Å²) in [4.78, 5) is 72.6. The molecule has 0 heterocycles. The number of aliphatic hydroxyl groups is 1. The third kappa shape index (κ3) is 65.4. The van der Waals surface area contributed by atoms with E-state index in [9.17, 15) is 43.2 Å². The molecule has 19 heteroatoms. The summed E-state index contributed by atoms with van der Waals surface area (Å²) in [6.45, 7) is 14.1. The van der Waals surface area contributed by atoms with Crippen molar-refractivity contribution < 1.29 is 80.2 Å². The van der Waals surface area contributed by atoms with Gasteiger partial charge in [0.2, 0.25) is 0 Å². The molecule has 0 saturated carbocycles. The third-order valence-electron chi connectivity index (χ3n) is 17.2. The number of esters is 4. The number of hydrogen-bond acceptors (Lipinski definition) is 15. The van der Waals surface area contributed by atoms with E-state index in [1.165, 1.54) is 154 Å². The maximum absolute atomic E-state index is 13.0. The highest BCUT2D eigenvalue weighted by Gasteiger charge is 2.30. The van der Waals surface area contributed by atoms with Gasteiger partial charge in [-0.25, -0.2) is 9.13 Å². The molecule has 0 aliphatic rings. The molecule has 0 fully saturated rings. The van der Waals surface area contributed by atoms with Gasteiger partial charge in [-0.2, -0.15) is 0 Å². The van der Waals surface area contributed by atoms with Crippen LogP contribution in [0.2, 0.25) is 0 Å². The van der Waals surface area contributed by atoms with Crippen molar-refractivity contribution in [3.05, 3.63) is 0 Å². The summed E-state index contributed by atoms with van der Waals surface area (Å²) in [7, 11) is -9.90. The molecule has 546 valence electrons. The average Bonchev–Trinajstić information content (AvgIpc) is 2.85. The Labute approximate surface area is 562 Å². The van der Waals surface area contributed by atoms with Crippen LogP contribution in [-0.4, -0.2) is 96.7 Å². The van der Waals surface area contributed by atoms with Gasteiger partial charge < -0.3 is 33.8 Å². The van der Waals surface area contributed by atoms with Crippen molar-refractivity contribution >= 4 is 39.5 Å². The first kappa shape index (κ1) is 90.1. The Morgan fingerprint density at radius 1 is 0.304 bits per heavy atom. The van der Waals surface area contributed by atoms with Gasteiger partial charge in [0.15, 0.2) is 12.2 Å². The van der Waals surface area contributed by atoms with Crippen molar-refractivity contribution in [2.45, 2.75) is 382 Å². The molecule has 17 nitrogen and oxygen atoms in total. The average molecular weight is 1350 g/mol. The van der Waals surface area contributed by atoms with E-state index in [1.54, 1.807) is 0 Å². The summed E-state index contributed by atoms with van der Waals surface area (Å²) >= 11 is 0. The normalized spacial score (nSPS) is 14.5. The smallest absolute Gasteiger partial charge is 0.462 e. The molecular weight excluding hydrogens is 1210 g/mol. The van der Waals surface area contributed by atoms with Crippen LogP contribution in [0.25, 0.3) is 0 Å². The Bertz CT molecular complexity index is 1820. The van der Waals surface area contributed by atoms with E-state index in [0.29, 0.717) is 31.6 Å². The number of hydrogen-bond donors (Lipinski definition) is 3. The standard InChI is InChI=1S/C73H142O17P2/c1-9-66(8)52-44-36-30-32-38-46-54-71(76)84-60-69(90-73(78)56-48-40-28-24-20-22-26-34-42-50-64(4)5)62-88-92(81,82)86-58-67(74)57-85-91(79,80)87-61-68(59-83-70(75)53-45-37-31-29-35-43-51-65(6)7)89-72(77)55-47-39-27-23-19-17-15-13-11-10-12-14-16-18-21-25-33-41-49-63(2)3/h63-69,74H,9-62H2,1-8H3,(H,79,80)(H,81,82)/t66?,67-,68-,69-/m1/s1. The van der Waals surface area contributed by atoms with E-state index in [4.69, 9.17) is 37.0 Å². The molecule has 6 atom stereocenters. The van der Waals surface area contributed by atoms with E-state index in [-0.39, 0.29) is 25.7 Å². The van der Waals surface area contributed by atoms with Crippen molar-refractivity contribution in [1.29, 1.82) is 0 Å². The number of aliphatic hydroxyl groups excluding tert-OH is 1. The van der Waals surface area contributed by atoms with Gasteiger partial charge in [-0.15, -0.1) is 0 Å². The first-order valence-electron chi connectivity index (χ1n) is 37.7. The Balaban J connectivity index is 5.16. The maximum Gasteiger partial charge on any atom is 0.472 e. The molecule has 0 saturated heterocycles. The highest BCUT2D eigenvalue weighted by Crippen LogP contribution is 2.45. The van der Waals surface area contributed by atoms with E-state index < -0.39 is 97.5 Å². The topological polar surface area (TPSA) is 237 Å². The molecule has 3 unspecified atom stereocenters. The fraction of sp³-hybridized carbons (Fsp3) is 0.945. The molecule has 92 heavy (non-hydrogen) atoms. The zero-order chi connectivity index (χ0) is 68.2. The zero-order valence-corrected chi connectivity index (χ0v) is 62.0. The lowest BCUT2D eigenvalue weighted by Gasteiger charge is -2.21. The minimum atomic E-state index is -4.95. The van der Waals surface area contributed by atoms with Crippen LogP contribution < -0.4 is 0 Å². The van der Waals surface area contributed by atoms with E-state index >= 15 is 0 Å². The van der Waals surface area contributed by atoms with Gasteiger partial charge in [0.05, 0.1) is 26.4 Å². The summed E-state index contributed by atoms with van der Waals surface area (Å²) in [5.41, 5.74) is 0. The summed E-state index contributed by atoms with van der Waals surface area (Å²) < 4.78 is 68.3. The van der Waals surface area contributed by atoms with Crippen LogP contribution in [0.3, 0.4) is 0 Å². The van der Waals surface area contributed by atoms with Gasteiger partial charge in [0.25, 0.3) is 0 Å². The van der Waals surface area contributed by atoms with Crippen LogP contribution in [0.5, 0.6) is 0 Å². The molecule has 0 bridgehead atoms. The first-order chi connectivity index (χ1) is 44.1. The second-order valence-electron chi connectivity index (χ2n) is 28.0. The van der Waals surface area contributed by atoms with Crippen molar-refractivity contribution in [1.82, 2.24) is 0 Å². The molecule has 0 aliphatic carbocycles. The Morgan fingerprint density at radius 3 is 0.772 bits per heavy atom. The highest BCUT2D eigenvalue weighted by molar-refractivity contribution is 7.47. The van der Waals surface area contributed by atoms with Crippen LogP contribution in [0.15, 0.2) is 0 Å². The van der Waals surface area contributed by atoms with E-state index in [0.717, 1.165) is 120 Å². The SMILES string of the molecule is CCC(C)CCCCCCCCC(=O)OC[C@H](COP(=O)(O)OC[C@H](O)COP(=O)(O)OC[C@@H](COC(=O)CCCCCCCCC(C)C)OC(=O)CCCCCCCCCCCCCCCCCCCCC(C)C)OC(=O)CCCCCCCCCCCC(C)C. The second-order valence-corrected chi connectivity index (χ2v) is 30.9. The summed E-state index contributed by atoms with van der Waals surface area (Å²) in [6, 6.07) is 0. The first-order valence-corrected chi connectivity index (χ1v) is 40.7. The van der Waals surface area contributed by atoms with Gasteiger partial charge in [-0.05, 0) is 49.4 Å². The van der Waals surface area contributed by atoms with Crippen LogP contribution in [0.4, 0.5) is 0 Å². The third-order valence-corrected chi connectivity index (χ3v) is 19.1. The molecule has 0 aromatic rings. The number of carbonyl (C=O) groups excluding carboxylic acids is 4. The lowest BCUT2D eigenvalue weighted by atomic mass is 10.00. The van der Waals surface area contributed by atoms with E-state index in [1.807, 2.05) is 0 Å². The van der Waals surface area contributed by atoms with Gasteiger partial charge in [-0.3, -0.25) is 37.3 Å². The van der Waals surface area contributed by atoms with Gasteiger partial charge in [-0.1, -0.05) is 312 Å². The number of phosphoric acid groups is 2. The quantitative estimate of drug-likeness (QED) is 0.0222. The highest BCUT2D eigenvalue weighted by atomic mass is 31.2. The minimum absolute atomic E-state index is 0.104. The van der Waals surface area contributed by atoms with Gasteiger partial charge in [0.1, 0.15) is 19.3 Å². The molecule has 0 amide bonds. The molecule has 3 N–H and O–H groups in total. The van der Waals surface area contributed by atoms with Crippen LogP contribution in [0, 0.1) is 23.7 Å². The minimum Gasteiger partial charge on any atom is -0.462 e. The Hall–Kier alpha value is -1.94. The van der Waals surface area contributed by atoms with Crippen LogP contribution in [0.1, 0.15) is 364 Å². The monoisotopic (exact) mass is 1350 g/mol. The largest absolute Gasteiger partial charge is 0.472 e. The van der Waals surface area contributed by atoms with Crippen molar-refractivity contribution in [3.8, 4) is 0 Å². The van der Waals surface area contributed by atoms with Crippen LogP contribution >= 0.6 is 15.6 Å².